The van der Waals surface area contributed by atoms with Gasteiger partial charge in [-0.3, -0.25) is 14.4 Å². The van der Waals surface area contributed by atoms with Crippen LogP contribution in [0.2, 0.25) is 0 Å². The summed E-state index contributed by atoms with van der Waals surface area (Å²) >= 11 is 0. The molecule has 7 heteroatoms. The molecule has 1 heterocycles. The molecule has 1 aromatic carbocycles. The zero-order valence-electron chi connectivity index (χ0n) is 19.0. The van der Waals surface area contributed by atoms with Crippen LogP contribution in [0.25, 0.3) is 0 Å². The van der Waals surface area contributed by atoms with E-state index in [9.17, 15) is 14.4 Å². The summed E-state index contributed by atoms with van der Waals surface area (Å²) < 4.78 is 16.5. The average molecular weight is 450 g/mol. The van der Waals surface area contributed by atoms with E-state index in [4.69, 9.17) is 14.2 Å². The van der Waals surface area contributed by atoms with E-state index in [1.807, 2.05) is 19.1 Å². The Hall–Kier alpha value is -3.61. The number of ketones is 2. The van der Waals surface area contributed by atoms with Crippen LogP contribution in [0.4, 0.5) is 0 Å². The van der Waals surface area contributed by atoms with Crippen molar-refractivity contribution in [3.63, 3.8) is 0 Å². The van der Waals surface area contributed by atoms with Crippen molar-refractivity contribution in [1.82, 2.24) is 5.32 Å². The second-order valence-corrected chi connectivity index (χ2v) is 7.89. The van der Waals surface area contributed by atoms with Crippen LogP contribution in [0.5, 0.6) is 0 Å². The molecule has 1 N–H and O–H groups in total. The summed E-state index contributed by atoms with van der Waals surface area (Å²) in [6.45, 7) is 6.48. The fraction of sp³-hybridized carbons (Fsp3) is 0.346. The van der Waals surface area contributed by atoms with E-state index in [1.54, 1.807) is 50.4 Å². The maximum absolute atomic E-state index is 14.0. The molecule has 3 aliphatic rings. The van der Waals surface area contributed by atoms with Crippen LogP contribution in [-0.2, 0) is 35.0 Å². The zero-order chi connectivity index (χ0) is 23.6. The molecule has 0 saturated carbocycles. The van der Waals surface area contributed by atoms with E-state index in [-0.39, 0.29) is 36.3 Å². The minimum atomic E-state index is -1.17. The zero-order valence-corrected chi connectivity index (χ0v) is 19.0. The van der Waals surface area contributed by atoms with Gasteiger partial charge in [-0.2, -0.15) is 0 Å². The van der Waals surface area contributed by atoms with E-state index < -0.39 is 11.3 Å². The van der Waals surface area contributed by atoms with Crippen LogP contribution in [0, 0.1) is 5.41 Å². The standard InChI is InChI=1S/C26H27NO6/c1-4-31-19-12-11-18-15-27-24-23(33-6-3)22(29)21(25(30)26(18,24)14-19)17-9-7-16(8-10-17)13-20(28)32-5-2/h7-12,14-15,21,27H,4-6,13H2,1-3H3. The Morgan fingerprint density at radius 3 is 2.39 bits per heavy atom. The first-order valence-electron chi connectivity index (χ1n) is 11.2. The van der Waals surface area contributed by atoms with Gasteiger partial charge in [-0.05, 0) is 49.6 Å². The SMILES string of the molecule is CCOC(=O)Cc1ccc(C2C(=O)C(OCC)=C3NC=C4C=CC(OCC)=CC43C2=O)cc1. The van der Waals surface area contributed by atoms with Crippen molar-refractivity contribution in [2.45, 2.75) is 33.1 Å². The molecule has 2 aliphatic carbocycles. The van der Waals surface area contributed by atoms with Gasteiger partial charge in [0.1, 0.15) is 17.1 Å². The monoisotopic (exact) mass is 449 g/mol. The minimum absolute atomic E-state index is 0.126. The highest BCUT2D eigenvalue weighted by molar-refractivity contribution is 6.21. The van der Waals surface area contributed by atoms with Crippen molar-refractivity contribution in [1.29, 1.82) is 0 Å². The van der Waals surface area contributed by atoms with Gasteiger partial charge < -0.3 is 19.5 Å². The van der Waals surface area contributed by atoms with Gasteiger partial charge in [0.15, 0.2) is 11.5 Å². The number of carbonyl (C=O) groups is 3. The highest BCUT2D eigenvalue weighted by atomic mass is 16.5. The topological polar surface area (TPSA) is 90.9 Å². The lowest BCUT2D eigenvalue weighted by Gasteiger charge is -2.38. The third-order valence-corrected chi connectivity index (χ3v) is 5.94. The summed E-state index contributed by atoms with van der Waals surface area (Å²) in [5.74, 6) is -1.29. The van der Waals surface area contributed by atoms with Crippen molar-refractivity contribution >= 4 is 17.5 Å². The fourth-order valence-electron chi connectivity index (χ4n) is 4.53. The normalized spacial score (nSPS) is 23.3. The third kappa shape index (κ3) is 3.77. The second-order valence-electron chi connectivity index (χ2n) is 7.89. The first-order chi connectivity index (χ1) is 16.0. The maximum Gasteiger partial charge on any atom is 0.310 e. The van der Waals surface area contributed by atoms with E-state index in [1.165, 1.54) is 0 Å². The van der Waals surface area contributed by atoms with Gasteiger partial charge in [0, 0.05) is 6.20 Å². The molecule has 33 heavy (non-hydrogen) atoms. The second kappa shape index (κ2) is 9.10. The third-order valence-electron chi connectivity index (χ3n) is 5.94. The number of esters is 1. The highest BCUT2D eigenvalue weighted by Gasteiger charge is 2.58. The first kappa shape index (κ1) is 22.6. The van der Waals surface area contributed by atoms with Crippen LogP contribution < -0.4 is 5.32 Å². The molecule has 172 valence electrons. The molecule has 1 aliphatic heterocycles. The van der Waals surface area contributed by atoms with Crippen molar-refractivity contribution in [3.8, 4) is 0 Å². The molecule has 1 spiro atoms. The van der Waals surface area contributed by atoms with E-state index in [0.717, 1.165) is 11.1 Å². The molecule has 0 aromatic heterocycles. The Labute approximate surface area is 192 Å². The largest absolute Gasteiger partial charge is 0.494 e. The summed E-state index contributed by atoms with van der Waals surface area (Å²) in [5, 5.41) is 3.11. The maximum atomic E-state index is 14.0. The molecule has 0 radical (unpaired) electrons. The lowest BCUT2D eigenvalue weighted by atomic mass is 9.63. The number of allylic oxidation sites excluding steroid dienone is 4. The summed E-state index contributed by atoms with van der Waals surface area (Å²) in [5.41, 5.74) is 1.29. The van der Waals surface area contributed by atoms with Crippen LogP contribution in [0.15, 0.2) is 71.5 Å². The van der Waals surface area contributed by atoms with E-state index >= 15 is 0 Å². The van der Waals surface area contributed by atoms with Crippen LogP contribution in [0.3, 0.4) is 0 Å². The molecule has 0 amide bonds. The summed E-state index contributed by atoms with van der Waals surface area (Å²) in [6.07, 6.45) is 7.28. The molecular formula is C26H27NO6. The Balaban J connectivity index is 1.76. The number of ether oxygens (including phenoxy) is 3. The molecule has 1 aromatic rings. The Morgan fingerprint density at radius 1 is 1.00 bits per heavy atom. The van der Waals surface area contributed by atoms with E-state index in [0.29, 0.717) is 30.2 Å². The predicted octanol–water partition coefficient (Wildman–Crippen LogP) is 3.24. The molecule has 0 fully saturated rings. The number of carbonyl (C=O) groups excluding carboxylic acids is 3. The summed E-state index contributed by atoms with van der Waals surface area (Å²) in [7, 11) is 0. The van der Waals surface area contributed by atoms with Crippen molar-refractivity contribution in [2.24, 2.45) is 5.41 Å². The minimum Gasteiger partial charge on any atom is -0.494 e. The van der Waals surface area contributed by atoms with Crippen LogP contribution in [-0.4, -0.2) is 37.4 Å². The number of Topliss-reactive ketones (excluding diaryl/α,β-unsaturated/α-hetero) is 2. The average Bonchev–Trinajstić information content (AvgIpc) is 3.18. The summed E-state index contributed by atoms with van der Waals surface area (Å²) in [4.78, 5) is 39.3. The van der Waals surface area contributed by atoms with Crippen molar-refractivity contribution in [2.75, 3.05) is 19.8 Å². The number of nitrogens with one attached hydrogen (secondary N) is 1. The molecular weight excluding hydrogens is 422 g/mol. The summed E-state index contributed by atoms with van der Waals surface area (Å²) in [6, 6.07) is 6.93. The van der Waals surface area contributed by atoms with Gasteiger partial charge in [0.2, 0.25) is 5.78 Å². The fourth-order valence-corrected chi connectivity index (χ4v) is 4.53. The van der Waals surface area contributed by atoms with Gasteiger partial charge in [-0.1, -0.05) is 30.3 Å². The van der Waals surface area contributed by atoms with Gasteiger partial charge in [-0.15, -0.1) is 0 Å². The van der Waals surface area contributed by atoms with Crippen LogP contribution in [0.1, 0.15) is 37.8 Å². The Bertz CT molecular complexity index is 1110. The molecule has 4 rings (SSSR count). The predicted molar refractivity (Wildman–Crippen MR) is 121 cm³/mol. The quantitative estimate of drug-likeness (QED) is 0.481. The molecule has 2 unspecified atom stereocenters. The first-order valence-corrected chi connectivity index (χ1v) is 11.2. The highest BCUT2D eigenvalue weighted by Crippen LogP contribution is 2.52. The van der Waals surface area contributed by atoms with Crippen LogP contribution >= 0.6 is 0 Å². The number of rotatable bonds is 8. The van der Waals surface area contributed by atoms with Gasteiger partial charge >= 0.3 is 5.97 Å². The Kier molecular flexibility index (Phi) is 6.22. The lowest BCUT2D eigenvalue weighted by molar-refractivity contribution is -0.142. The molecule has 0 bridgehead atoms. The number of hydrogen-bond acceptors (Lipinski definition) is 7. The molecule has 2 atom stereocenters. The molecule has 7 nitrogen and oxygen atoms in total. The number of benzene rings is 1. The van der Waals surface area contributed by atoms with Crippen molar-refractivity contribution in [3.05, 3.63) is 82.6 Å². The number of hydrogen-bond donors (Lipinski definition) is 1. The lowest BCUT2D eigenvalue weighted by Crippen LogP contribution is -2.46. The van der Waals surface area contributed by atoms with Gasteiger partial charge in [0.25, 0.3) is 0 Å². The van der Waals surface area contributed by atoms with Gasteiger partial charge in [-0.25, -0.2) is 0 Å². The van der Waals surface area contributed by atoms with E-state index in [2.05, 4.69) is 5.32 Å². The Morgan fingerprint density at radius 2 is 1.73 bits per heavy atom. The molecule has 0 saturated heterocycles. The smallest absolute Gasteiger partial charge is 0.310 e. The van der Waals surface area contributed by atoms with Crippen molar-refractivity contribution < 1.29 is 28.6 Å². The van der Waals surface area contributed by atoms with Gasteiger partial charge in [0.05, 0.1) is 31.9 Å².